The van der Waals surface area contributed by atoms with Gasteiger partial charge in [0.2, 0.25) is 0 Å². The largest absolute Gasteiger partial charge is 0.542 e. The first-order valence-corrected chi connectivity index (χ1v) is 5.68. The number of ether oxygens (including phenoxy) is 2. The third kappa shape index (κ3) is 2.88. The lowest BCUT2D eigenvalue weighted by atomic mass is 10.2. The maximum absolute atomic E-state index is 10.7. The number of hydrogen-bond donors (Lipinski definition) is 0. The van der Waals surface area contributed by atoms with Crippen LogP contribution in [0.1, 0.15) is 21.9 Å². The van der Waals surface area contributed by atoms with Crippen molar-refractivity contribution in [2.24, 2.45) is 0 Å². The molecule has 0 amide bonds. The molecule has 0 fully saturated rings. The number of rotatable bonds is 5. The van der Waals surface area contributed by atoms with Crippen LogP contribution < -0.4 is 14.6 Å². The van der Waals surface area contributed by atoms with E-state index in [1.54, 1.807) is 26.2 Å². The average Bonchev–Trinajstić information content (AvgIpc) is 2.78. The zero-order chi connectivity index (χ0) is 13.8. The fraction of sp³-hybridized carbons (Fsp3) is 0.214. The molecule has 5 nitrogen and oxygen atoms in total. The molecule has 100 valence electrons. The Morgan fingerprint density at radius 2 is 2.00 bits per heavy atom. The Hall–Kier alpha value is -2.43. The van der Waals surface area contributed by atoms with Crippen molar-refractivity contribution < 1.29 is 23.8 Å². The topological polar surface area (TPSA) is 71.7 Å². The Morgan fingerprint density at radius 1 is 1.32 bits per heavy atom. The van der Waals surface area contributed by atoms with Crippen molar-refractivity contribution in [3.05, 3.63) is 47.4 Å². The number of furan rings is 1. The van der Waals surface area contributed by atoms with E-state index in [4.69, 9.17) is 13.9 Å². The van der Waals surface area contributed by atoms with E-state index in [1.165, 1.54) is 6.07 Å². The van der Waals surface area contributed by atoms with Crippen LogP contribution in [0.3, 0.4) is 0 Å². The molecule has 0 aliphatic heterocycles. The Bertz CT molecular complexity index is 585. The number of carboxylic acid groups (broad SMARTS) is 1. The number of benzene rings is 1. The molecular weight excluding hydrogens is 248 g/mol. The van der Waals surface area contributed by atoms with Gasteiger partial charge in [-0.3, -0.25) is 0 Å². The molecule has 0 spiro atoms. The highest BCUT2D eigenvalue weighted by Gasteiger charge is 2.10. The van der Waals surface area contributed by atoms with Crippen molar-refractivity contribution in [2.45, 2.75) is 13.5 Å². The number of aryl methyl sites for hydroxylation is 1. The Morgan fingerprint density at radius 3 is 2.58 bits per heavy atom. The van der Waals surface area contributed by atoms with E-state index in [9.17, 15) is 9.90 Å². The Balaban J connectivity index is 2.12. The fourth-order valence-corrected chi connectivity index (χ4v) is 1.66. The summed E-state index contributed by atoms with van der Waals surface area (Å²) in [7, 11) is 1.56. The van der Waals surface area contributed by atoms with E-state index in [0.29, 0.717) is 22.8 Å². The molecule has 1 heterocycles. The molecule has 0 radical (unpaired) electrons. The van der Waals surface area contributed by atoms with Crippen LogP contribution in [-0.2, 0) is 6.61 Å². The highest BCUT2D eigenvalue weighted by molar-refractivity contribution is 5.82. The maximum Gasteiger partial charge on any atom is 0.161 e. The first-order valence-electron chi connectivity index (χ1n) is 5.68. The van der Waals surface area contributed by atoms with Gasteiger partial charge in [0.15, 0.2) is 11.5 Å². The van der Waals surface area contributed by atoms with Crippen LogP contribution in [0.25, 0.3) is 0 Å². The Kier molecular flexibility index (Phi) is 3.75. The molecule has 0 aliphatic rings. The van der Waals surface area contributed by atoms with E-state index in [2.05, 4.69) is 0 Å². The van der Waals surface area contributed by atoms with Crippen LogP contribution in [0.5, 0.6) is 11.5 Å². The standard InChI is InChI=1S/C14H14O5/c1-9-10(7-13(19-9)14(15)16)8-18-12-6-4-3-5-11(12)17-2/h3-7H,8H2,1-2H3,(H,15,16)/p-1. The summed E-state index contributed by atoms with van der Waals surface area (Å²) in [5, 5.41) is 10.7. The molecule has 0 aliphatic carbocycles. The minimum atomic E-state index is -1.34. The van der Waals surface area contributed by atoms with E-state index < -0.39 is 5.97 Å². The third-order valence-corrected chi connectivity index (χ3v) is 2.67. The van der Waals surface area contributed by atoms with Crippen molar-refractivity contribution in [3.8, 4) is 11.5 Å². The third-order valence-electron chi connectivity index (χ3n) is 2.67. The number of hydrogen-bond acceptors (Lipinski definition) is 5. The number of carboxylic acids is 1. The normalized spacial score (nSPS) is 10.2. The number of para-hydroxylation sites is 2. The van der Waals surface area contributed by atoms with Crippen molar-refractivity contribution in [1.82, 2.24) is 0 Å². The molecular formula is C14H13O5-. The molecule has 0 bridgehead atoms. The van der Waals surface area contributed by atoms with Gasteiger partial charge in [-0.25, -0.2) is 0 Å². The minimum Gasteiger partial charge on any atom is -0.542 e. The molecule has 1 aromatic carbocycles. The van der Waals surface area contributed by atoms with Gasteiger partial charge >= 0.3 is 0 Å². The molecule has 2 rings (SSSR count). The summed E-state index contributed by atoms with van der Waals surface area (Å²) in [5.41, 5.74) is 0.658. The summed E-state index contributed by atoms with van der Waals surface area (Å²) in [4.78, 5) is 10.7. The molecule has 19 heavy (non-hydrogen) atoms. The van der Waals surface area contributed by atoms with Gasteiger partial charge in [0, 0.05) is 5.56 Å². The van der Waals surface area contributed by atoms with Gasteiger partial charge in [0.1, 0.15) is 24.1 Å². The van der Waals surface area contributed by atoms with Gasteiger partial charge < -0.3 is 23.8 Å². The lowest BCUT2D eigenvalue weighted by Crippen LogP contribution is -2.21. The van der Waals surface area contributed by atoms with Gasteiger partial charge in [0.05, 0.1) is 7.11 Å². The van der Waals surface area contributed by atoms with Crippen LogP contribution in [-0.4, -0.2) is 13.1 Å². The van der Waals surface area contributed by atoms with Crippen LogP contribution in [0.4, 0.5) is 0 Å². The quantitative estimate of drug-likeness (QED) is 0.816. The van der Waals surface area contributed by atoms with Gasteiger partial charge in [-0.1, -0.05) is 12.1 Å². The smallest absolute Gasteiger partial charge is 0.161 e. The first-order chi connectivity index (χ1) is 9.11. The summed E-state index contributed by atoms with van der Waals surface area (Å²) >= 11 is 0. The monoisotopic (exact) mass is 261 g/mol. The van der Waals surface area contributed by atoms with E-state index >= 15 is 0 Å². The SMILES string of the molecule is COc1ccccc1OCc1cc(C(=O)[O-])oc1C. The van der Waals surface area contributed by atoms with Crippen molar-refractivity contribution >= 4 is 5.97 Å². The van der Waals surface area contributed by atoms with E-state index in [-0.39, 0.29) is 12.4 Å². The maximum atomic E-state index is 10.7. The molecule has 0 saturated heterocycles. The van der Waals surface area contributed by atoms with Crippen molar-refractivity contribution in [1.29, 1.82) is 0 Å². The van der Waals surface area contributed by atoms with Crippen LogP contribution in [0.2, 0.25) is 0 Å². The number of methoxy groups -OCH3 is 1. The summed E-state index contributed by atoms with van der Waals surface area (Å²) in [6.45, 7) is 1.87. The summed E-state index contributed by atoms with van der Waals surface area (Å²) in [6, 6.07) is 8.62. The second-order valence-corrected chi connectivity index (χ2v) is 3.92. The summed E-state index contributed by atoms with van der Waals surface area (Å²) < 4.78 is 15.8. The van der Waals surface area contributed by atoms with Gasteiger partial charge in [-0.2, -0.15) is 0 Å². The molecule has 1 aromatic heterocycles. The first kappa shape index (κ1) is 13.0. The second-order valence-electron chi connectivity index (χ2n) is 3.92. The lowest BCUT2D eigenvalue weighted by Gasteiger charge is -2.09. The summed E-state index contributed by atoms with van der Waals surface area (Å²) in [6.07, 6.45) is 0. The number of carbonyl (C=O) groups is 1. The minimum absolute atomic E-state index is 0.197. The van der Waals surface area contributed by atoms with Gasteiger partial charge in [-0.05, 0) is 25.1 Å². The highest BCUT2D eigenvalue weighted by atomic mass is 16.5. The lowest BCUT2D eigenvalue weighted by molar-refractivity contribution is -0.257. The van der Waals surface area contributed by atoms with Crippen LogP contribution in [0, 0.1) is 6.92 Å². The fourth-order valence-electron chi connectivity index (χ4n) is 1.66. The van der Waals surface area contributed by atoms with Crippen molar-refractivity contribution in [3.63, 3.8) is 0 Å². The zero-order valence-corrected chi connectivity index (χ0v) is 10.6. The average molecular weight is 261 g/mol. The highest BCUT2D eigenvalue weighted by Crippen LogP contribution is 2.27. The van der Waals surface area contributed by atoms with E-state index in [1.807, 2.05) is 12.1 Å². The molecule has 0 atom stereocenters. The van der Waals surface area contributed by atoms with Crippen LogP contribution in [0.15, 0.2) is 34.7 Å². The number of aromatic carboxylic acids is 1. The van der Waals surface area contributed by atoms with E-state index in [0.717, 1.165) is 0 Å². The molecule has 5 heteroatoms. The molecule has 2 aromatic rings. The number of carbonyl (C=O) groups excluding carboxylic acids is 1. The van der Waals surface area contributed by atoms with Gasteiger partial charge in [0.25, 0.3) is 0 Å². The van der Waals surface area contributed by atoms with Crippen LogP contribution >= 0.6 is 0 Å². The molecule has 0 saturated carbocycles. The Labute approximate surface area is 110 Å². The van der Waals surface area contributed by atoms with Crippen molar-refractivity contribution in [2.75, 3.05) is 7.11 Å². The predicted octanol–water partition coefficient (Wildman–Crippen LogP) is 1.54. The zero-order valence-electron chi connectivity index (χ0n) is 10.6. The summed E-state index contributed by atoms with van der Waals surface area (Å²) in [5.74, 6) is 0.154. The second kappa shape index (κ2) is 5.48. The molecule has 0 N–H and O–H groups in total. The molecule has 0 unspecified atom stereocenters. The van der Waals surface area contributed by atoms with Gasteiger partial charge in [-0.15, -0.1) is 0 Å². The predicted molar refractivity (Wildman–Crippen MR) is 65.1 cm³/mol.